The minimum absolute atomic E-state index is 0.0936. The maximum Gasteiger partial charge on any atom is 0.314 e. The lowest BCUT2D eigenvalue weighted by atomic mass is 10.3. The van der Waals surface area contributed by atoms with E-state index >= 15 is 0 Å². The molecule has 0 unspecified atom stereocenters. The van der Waals surface area contributed by atoms with Gasteiger partial charge in [0.25, 0.3) is 0 Å². The Morgan fingerprint density at radius 2 is 2.00 bits per heavy atom. The van der Waals surface area contributed by atoms with Crippen LogP contribution in [0.4, 0.5) is 4.79 Å². The first kappa shape index (κ1) is 15.1. The number of amides is 2. The maximum atomic E-state index is 11.2. The van der Waals surface area contributed by atoms with Gasteiger partial charge in [0.15, 0.2) is 0 Å². The number of urea groups is 1. The summed E-state index contributed by atoms with van der Waals surface area (Å²) in [6, 6.07) is 6.52. The quantitative estimate of drug-likeness (QED) is 0.663. The molecule has 0 aliphatic rings. The van der Waals surface area contributed by atoms with Gasteiger partial charge < -0.3 is 20.5 Å². The number of carbonyl (C=O) groups excluding carboxylic acids is 1. The number of aliphatic carboxylic acids is 1. The number of benzene rings is 1. The average Bonchev–Trinajstić information content (AvgIpc) is 2.34. The standard InChI is InChI=1S/C12H15ClN2O4/c13-9-2-1-3-10(8-9)19-7-6-15-12(18)14-5-4-11(16)17/h1-3,8H,4-7H2,(H,16,17)(H2,14,15,18). The van der Waals surface area contributed by atoms with Crippen molar-refractivity contribution in [1.82, 2.24) is 10.6 Å². The molecule has 0 spiro atoms. The Hall–Kier alpha value is -1.95. The van der Waals surface area contributed by atoms with E-state index in [1.807, 2.05) is 0 Å². The lowest BCUT2D eigenvalue weighted by molar-refractivity contribution is -0.136. The third-order valence-corrected chi connectivity index (χ3v) is 2.31. The summed E-state index contributed by atoms with van der Waals surface area (Å²) in [5, 5.41) is 13.9. The van der Waals surface area contributed by atoms with Crippen molar-refractivity contribution in [2.75, 3.05) is 19.7 Å². The zero-order chi connectivity index (χ0) is 14.1. The molecular formula is C12H15ClN2O4. The van der Waals surface area contributed by atoms with E-state index in [9.17, 15) is 9.59 Å². The highest BCUT2D eigenvalue weighted by atomic mass is 35.5. The van der Waals surface area contributed by atoms with Crippen molar-refractivity contribution in [3.63, 3.8) is 0 Å². The molecule has 6 nitrogen and oxygen atoms in total. The fraction of sp³-hybridized carbons (Fsp3) is 0.333. The van der Waals surface area contributed by atoms with Crippen LogP contribution in [0.3, 0.4) is 0 Å². The molecule has 2 amide bonds. The van der Waals surface area contributed by atoms with Gasteiger partial charge in [-0.15, -0.1) is 0 Å². The maximum absolute atomic E-state index is 11.2. The lowest BCUT2D eigenvalue weighted by Crippen LogP contribution is -2.38. The summed E-state index contributed by atoms with van der Waals surface area (Å²) in [5.74, 6) is -0.329. The molecule has 1 aromatic carbocycles. The molecule has 0 aliphatic carbocycles. The Balaban J connectivity index is 2.10. The van der Waals surface area contributed by atoms with Crippen molar-refractivity contribution in [2.24, 2.45) is 0 Å². The van der Waals surface area contributed by atoms with E-state index in [2.05, 4.69) is 10.6 Å². The van der Waals surface area contributed by atoms with E-state index in [-0.39, 0.29) is 13.0 Å². The van der Waals surface area contributed by atoms with E-state index in [1.54, 1.807) is 24.3 Å². The second-order valence-electron chi connectivity index (χ2n) is 3.63. The molecule has 1 rings (SSSR count). The first-order valence-corrected chi connectivity index (χ1v) is 6.07. The van der Waals surface area contributed by atoms with Gasteiger partial charge >= 0.3 is 12.0 Å². The highest BCUT2D eigenvalue weighted by Gasteiger charge is 2.01. The first-order valence-electron chi connectivity index (χ1n) is 5.70. The number of ether oxygens (including phenoxy) is 1. The molecule has 0 radical (unpaired) electrons. The van der Waals surface area contributed by atoms with Crippen LogP contribution in [-0.4, -0.2) is 36.8 Å². The van der Waals surface area contributed by atoms with Crippen LogP contribution in [0.2, 0.25) is 5.02 Å². The Labute approximate surface area is 115 Å². The minimum Gasteiger partial charge on any atom is -0.492 e. The number of nitrogens with one attached hydrogen (secondary N) is 2. The van der Waals surface area contributed by atoms with Crippen LogP contribution in [-0.2, 0) is 4.79 Å². The Morgan fingerprint density at radius 3 is 2.68 bits per heavy atom. The van der Waals surface area contributed by atoms with Crippen LogP contribution in [0, 0.1) is 0 Å². The van der Waals surface area contributed by atoms with Crippen LogP contribution in [0.5, 0.6) is 5.75 Å². The van der Waals surface area contributed by atoms with E-state index in [0.717, 1.165) is 0 Å². The van der Waals surface area contributed by atoms with Gasteiger partial charge in [0.1, 0.15) is 12.4 Å². The highest BCUT2D eigenvalue weighted by molar-refractivity contribution is 6.30. The molecule has 0 bridgehead atoms. The predicted molar refractivity (Wildman–Crippen MR) is 70.6 cm³/mol. The van der Waals surface area contributed by atoms with Crippen molar-refractivity contribution in [3.8, 4) is 5.75 Å². The van der Waals surface area contributed by atoms with E-state index in [1.165, 1.54) is 0 Å². The van der Waals surface area contributed by atoms with Crippen molar-refractivity contribution in [3.05, 3.63) is 29.3 Å². The molecule has 0 fully saturated rings. The second kappa shape index (κ2) is 8.20. The van der Waals surface area contributed by atoms with Crippen molar-refractivity contribution < 1.29 is 19.4 Å². The molecule has 0 atom stereocenters. The Bertz CT molecular complexity index is 439. The molecule has 0 heterocycles. The largest absolute Gasteiger partial charge is 0.492 e. The molecule has 7 heteroatoms. The summed E-state index contributed by atoms with van der Waals surface area (Å²) in [6.45, 7) is 0.703. The van der Waals surface area contributed by atoms with Crippen molar-refractivity contribution >= 4 is 23.6 Å². The topological polar surface area (TPSA) is 87.7 Å². The molecule has 1 aromatic rings. The van der Waals surface area contributed by atoms with Crippen LogP contribution < -0.4 is 15.4 Å². The molecule has 0 saturated heterocycles. The van der Waals surface area contributed by atoms with Gasteiger partial charge in [0, 0.05) is 11.6 Å². The molecular weight excluding hydrogens is 272 g/mol. The smallest absolute Gasteiger partial charge is 0.314 e. The zero-order valence-electron chi connectivity index (χ0n) is 10.2. The van der Waals surface area contributed by atoms with Crippen LogP contribution in [0.25, 0.3) is 0 Å². The van der Waals surface area contributed by atoms with Crippen LogP contribution in [0.15, 0.2) is 24.3 Å². The number of carbonyl (C=O) groups is 2. The zero-order valence-corrected chi connectivity index (χ0v) is 10.9. The summed E-state index contributed by atoms with van der Waals surface area (Å²) in [5.41, 5.74) is 0. The number of halogens is 1. The highest BCUT2D eigenvalue weighted by Crippen LogP contribution is 2.16. The summed E-state index contributed by atoms with van der Waals surface area (Å²) >= 11 is 5.78. The average molecular weight is 287 g/mol. The van der Waals surface area contributed by atoms with E-state index in [0.29, 0.717) is 23.9 Å². The van der Waals surface area contributed by atoms with Crippen molar-refractivity contribution in [1.29, 1.82) is 0 Å². The predicted octanol–water partition coefficient (Wildman–Crippen LogP) is 1.49. The third kappa shape index (κ3) is 7.15. The molecule has 104 valence electrons. The summed E-state index contributed by atoms with van der Waals surface area (Å²) in [4.78, 5) is 21.4. The fourth-order valence-corrected chi connectivity index (χ4v) is 1.42. The van der Waals surface area contributed by atoms with Gasteiger partial charge in [-0.2, -0.15) is 0 Å². The van der Waals surface area contributed by atoms with Gasteiger partial charge in [-0.25, -0.2) is 4.79 Å². The molecule has 0 saturated carbocycles. The van der Waals surface area contributed by atoms with Gasteiger partial charge in [0.2, 0.25) is 0 Å². The Kier molecular flexibility index (Phi) is 6.52. The van der Waals surface area contributed by atoms with Crippen LogP contribution in [0.1, 0.15) is 6.42 Å². The number of rotatable bonds is 7. The summed E-state index contributed by atoms with van der Waals surface area (Å²) in [6.07, 6.45) is -0.105. The summed E-state index contributed by atoms with van der Waals surface area (Å²) in [7, 11) is 0. The Morgan fingerprint density at radius 1 is 1.26 bits per heavy atom. The monoisotopic (exact) mass is 286 g/mol. The lowest BCUT2D eigenvalue weighted by Gasteiger charge is -2.08. The van der Waals surface area contributed by atoms with E-state index < -0.39 is 12.0 Å². The normalized spacial score (nSPS) is 9.74. The molecule has 3 N–H and O–H groups in total. The number of hydrogen-bond acceptors (Lipinski definition) is 3. The fourth-order valence-electron chi connectivity index (χ4n) is 1.24. The SMILES string of the molecule is O=C(O)CCNC(=O)NCCOc1cccc(Cl)c1. The van der Waals surface area contributed by atoms with Gasteiger partial charge in [-0.1, -0.05) is 17.7 Å². The first-order chi connectivity index (χ1) is 9.08. The van der Waals surface area contributed by atoms with Gasteiger partial charge in [-0.05, 0) is 18.2 Å². The molecule has 19 heavy (non-hydrogen) atoms. The number of hydrogen-bond donors (Lipinski definition) is 3. The van der Waals surface area contributed by atoms with Gasteiger partial charge in [-0.3, -0.25) is 4.79 Å². The summed E-state index contributed by atoms with van der Waals surface area (Å²) < 4.78 is 5.36. The third-order valence-electron chi connectivity index (χ3n) is 2.08. The van der Waals surface area contributed by atoms with Crippen molar-refractivity contribution in [2.45, 2.75) is 6.42 Å². The molecule has 0 aromatic heterocycles. The number of carboxylic acids is 1. The van der Waals surface area contributed by atoms with Crippen LogP contribution >= 0.6 is 11.6 Å². The second-order valence-corrected chi connectivity index (χ2v) is 4.07. The van der Waals surface area contributed by atoms with Gasteiger partial charge in [0.05, 0.1) is 13.0 Å². The number of carboxylic acid groups (broad SMARTS) is 1. The van der Waals surface area contributed by atoms with E-state index in [4.69, 9.17) is 21.4 Å². The molecule has 0 aliphatic heterocycles. The minimum atomic E-state index is -0.954.